The molecule has 36 heavy (non-hydrogen) atoms. The number of anilines is 3. The number of fused-ring (bicyclic) bond motifs is 2. The number of halogens is 2. The summed E-state index contributed by atoms with van der Waals surface area (Å²) in [6, 6.07) is 8.14. The molecule has 2 aliphatic heterocycles. The molecule has 1 fully saturated rings. The van der Waals surface area contributed by atoms with Gasteiger partial charge < -0.3 is 19.9 Å². The normalized spacial score (nSPS) is 17.5. The first-order valence-corrected chi connectivity index (χ1v) is 12.9. The van der Waals surface area contributed by atoms with Crippen LogP contribution in [0.25, 0.3) is 10.9 Å². The summed E-state index contributed by atoms with van der Waals surface area (Å²) in [5, 5.41) is 3.95. The lowest BCUT2D eigenvalue weighted by Crippen LogP contribution is -2.42. The SMILES string of the molecule is CC1CCN(CCC(C)C(=O)N2CCOc3cc4ncnc(Nc5ccc(F)c(Cl)c5)c4cc32)CC1. The number of ether oxygens (including phenoxy) is 1. The first-order chi connectivity index (χ1) is 17.4. The highest BCUT2D eigenvalue weighted by molar-refractivity contribution is 6.31. The molecule has 1 aromatic heterocycles. The first kappa shape index (κ1) is 24.7. The summed E-state index contributed by atoms with van der Waals surface area (Å²) < 4.78 is 19.5. The predicted molar refractivity (Wildman–Crippen MR) is 141 cm³/mol. The van der Waals surface area contributed by atoms with E-state index in [4.69, 9.17) is 16.3 Å². The minimum absolute atomic E-state index is 0.0222. The van der Waals surface area contributed by atoms with Crippen LogP contribution in [-0.2, 0) is 4.79 Å². The molecule has 0 spiro atoms. The Hall–Kier alpha value is -2.97. The molecule has 2 aliphatic rings. The van der Waals surface area contributed by atoms with Crippen molar-refractivity contribution in [3.8, 4) is 5.75 Å². The van der Waals surface area contributed by atoms with Crippen molar-refractivity contribution in [2.75, 3.05) is 43.0 Å². The van der Waals surface area contributed by atoms with Gasteiger partial charge in [-0.3, -0.25) is 4.79 Å². The number of hydrogen-bond acceptors (Lipinski definition) is 6. The lowest BCUT2D eigenvalue weighted by atomic mass is 9.98. The number of rotatable bonds is 6. The van der Waals surface area contributed by atoms with Crippen molar-refractivity contribution in [1.29, 1.82) is 0 Å². The Kier molecular flexibility index (Phi) is 7.25. The van der Waals surface area contributed by atoms with Gasteiger partial charge in [0, 0.05) is 23.1 Å². The summed E-state index contributed by atoms with van der Waals surface area (Å²) in [5.74, 6) is 1.48. The highest BCUT2D eigenvalue weighted by atomic mass is 35.5. The zero-order chi connectivity index (χ0) is 25.2. The number of aromatic nitrogens is 2. The van der Waals surface area contributed by atoms with Gasteiger partial charge in [0.15, 0.2) is 0 Å². The molecule has 1 unspecified atom stereocenters. The van der Waals surface area contributed by atoms with Gasteiger partial charge in [-0.15, -0.1) is 0 Å². The quantitative estimate of drug-likeness (QED) is 0.461. The van der Waals surface area contributed by atoms with Gasteiger partial charge in [0.2, 0.25) is 5.91 Å². The van der Waals surface area contributed by atoms with Gasteiger partial charge in [-0.25, -0.2) is 14.4 Å². The highest BCUT2D eigenvalue weighted by Gasteiger charge is 2.29. The van der Waals surface area contributed by atoms with Crippen molar-refractivity contribution >= 4 is 45.6 Å². The smallest absolute Gasteiger partial charge is 0.230 e. The van der Waals surface area contributed by atoms with E-state index >= 15 is 0 Å². The number of benzene rings is 2. The van der Waals surface area contributed by atoms with Crippen molar-refractivity contribution in [3.63, 3.8) is 0 Å². The van der Waals surface area contributed by atoms with Crippen LogP contribution < -0.4 is 15.0 Å². The van der Waals surface area contributed by atoms with Gasteiger partial charge in [0.05, 0.1) is 22.8 Å². The molecule has 1 saturated heterocycles. The number of amides is 1. The van der Waals surface area contributed by atoms with Gasteiger partial charge >= 0.3 is 0 Å². The average Bonchev–Trinajstić information content (AvgIpc) is 2.88. The van der Waals surface area contributed by atoms with Crippen LogP contribution >= 0.6 is 11.6 Å². The Morgan fingerprint density at radius 3 is 2.81 bits per heavy atom. The van der Waals surface area contributed by atoms with E-state index in [-0.39, 0.29) is 16.8 Å². The molecule has 190 valence electrons. The molecule has 5 rings (SSSR count). The Labute approximate surface area is 215 Å². The molecule has 0 aliphatic carbocycles. The van der Waals surface area contributed by atoms with E-state index in [1.54, 1.807) is 6.07 Å². The number of carbonyl (C=O) groups is 1. The summed E-state index contributed by atoms with van der Waals surface area (Å²) >= 11 is 5.95. The molecular weight excluding hydrogens is 481 g/mol. The van der Waals surface area contributed by atoms with Gasteiger partial charge in [0.1, 0.15) is 30.3 Å². The van der Waals surface area contributed by atoms with Gasteiger partial charge in [0.25, 0.3) is 0 Å². The second kappa shape index (κ2) is 10.6. The molecule has 1 amide bonds. The number of nitrogens with one attached hydrogen (secondary N) is 1. The summed E-state index contributed by atoms with van der Waals surface area (Å²) in [4.78, 5) is 26.6. The fraction of sp³-hybridized carbons (Fsp3) is 0.444. The Morgan fingerprint density at radius 1 is 1.22 bits per heavy atom. The second-order valence-corrected chi connectivity index (χ2v) is 10.3. The maximum absolute atomic E-state index is 13.6. The van der Waals surface area contributed by atoms with Crippen molar-refractivity contribution in [2.45, 2.75) is 33.1 Å². The van der Waals surface area contributed by atoms with Crippen LogP contribution in [0.4, 0.5) is 21.6 Å². The highest BCUT2D eigenvalue weighted by Crippen LogP contribution is 2.38. The Bertz CT molecular complexity index is 1260. The van der Waals surface area contributed by atoms with Crippen LogP contribution in [0.5, 0.6) is 5.75 Å². The van der Waals surface area contributed by atoms with E-state index in [2.05, 4.69) is 27.1 Å². The van der Waals surface area contributed by atoms with Crippen LogP contribution in [0.15, 0.2) is 36.7 Å². The maximum Gasteiger partial charge on any atom is 0.230 e. The van der Waals surface area contributed by atoms with Crippen molar-refractivity contribution in [2.24, 2.45) is 11.8 Å². The molecular formula is C27H31ClFN5O2. The number of hydrogen-bond donors (Lipinski definition) is 1. The van der Waals surface area contributed by atoms with Crippen LogP contribution in [0, 0.1) is 17.7 Å². The minimum atomic E-state index is -0.487. The van der Waals surface area contributed by atoms with E-state index in [1.807, 2.05) is 24.0 Å². The van der Waals surface area contributed by atoms with Crippen LogP contribution in [0.2, 0.25) is 5.02 Å². The van der Waals surface area contributed by atoms with Crippen molar-refractivity contribution in [1.82, 2.24) is 14.9 Å². The van der Waals surface area contributed by atoms with Gasteiger partial charge in [-0.2, -0.15) is 0 Å². The lowest BCUT2D eigenvalue weighted by molar-refractivity contribution is -0.122. The summed E-state index contributed by atoms with van der Waals surface area (Å²) in [6.07, 6.45) is 4.75. The van der Waals surface area contributed by atoms with Crippen LogP contribution in [0.3, 0.4) is 0 Å². The van der Waals surface area contributed by atoms with E-state index in [0.29, 0.717) is 41.6 Å². The molecule has 0 bridgehead atoms. The monoisotopic (exact) mass is 511 g/mol. The van der Waals surface area contributed by atoms with E-state index in [0.717, 1.165) is 37.4 Å². The standard InChI is InChI=1S/C27H31ClFN5O2/c1-17-5-8-33(9-6-17)10-7-18(2)27(35)34-11-12-36-25-15-23-20(14-24(25)34)26(31-16-30-23)32-19-3-4-22(29)21(28)13-19/h3-4,13-18H,5-12H2,1-2H3,(H,30,31,32). The largest absolute Gasteiger partial charge is 0.489 e. The molecule has 3 heterocycles. The van der Waals surface area contributed by atoms with Crippen molar-refractivity contribution < 1.29 is 13.9 Å². The number of carbonyl (C=O) groups excluding carboxylic acids is 1. The zero-order valence-electron chi connectivity index (χ0n) is 20.6. The van der Waals surface area contributed by atoms with E-state index in [9.17, 15) is 9.18 Å². The predicted octanol–water partition coefficient (Wildman–Crippen LogP) is 5.65. The molecule has 7 nitrogen and oxygen atoms in total. The molecule has 3 aromatic rings. The second-order valence-electron chi connectivity index (χ2n) is 9.87. The topological polar surface area (TPSA) is 70.6 Å². The number of likely N-dealkylation sites (tertiary alicyclic amines) is 1. The Balaban J connectivity index is 1.37. The fourth-order valence-electron chi connectivity index (χ4n) is 4.86. The molecule has 9 heteroatoms. The maximum atomic E-state index is 13.6. The average molecular weight is 512 g/mol. The number of piperidine rings is 1. The third kappa shape index (κ3) is 5.25. The Morgan fingerprint density at radius 2 is 2.03 bits per heavy atom. The molecule has 0 radical (unpaired) electrons. The summed E-state index contributed by atoms with van der Waals surface area (Å²) in [5.41, 5.74) is 2.00. The third-order valence-electron chi connectivity index (χ3n) is 7.20. The summed E-state index contributed by atoms with van der Waals surface area (Å²) in [7, 11) is 0. The van der Waals surface area contributed by atoms with Crippen molar-refractivity contribution in [3.05, 3.63) is 47.5 Å². The molecule has 2 aromatic carbocycles. The molecule has 0 saturated carbocycles. The lowest BCUT2D eigenvalue weighted by Gasteiger charge is -2.33. The van der Waals surface area contributed by atoms with E-state index < -0.39 is 5.82 Å². The first-order valence-electron chi connectivity index (χ1n) is 12.6. The minimum Gasteiger partial charge on any atom is -0.489 e. The van der Waals surface area contributed by atoms with Crippen LogP contribution in [0.1, 0.15) is 33.1 Å². The molecule has 1 atom stereocenters. The van der Waals surface area contributed by atoms with Crippen LogP contribution in [-0.4, -0.2) is 53.6 Å². The number of nitrogens with zero attached hydrogens (tertiary/aromatic N) is 4. The zero-order valence-corrected chi connectivity index (χ0v) is 21.4. The van der Waals surface area contributed by atoms with E-state index in [1.165, 1.54) is 31.3 Å². The third-order valence-corrected chi connectivity index (χ3v) is 7.49. The summed E-state index contributed by atoms with van der Waals surface area (Å²) in [6.45, 7) is 8.42. The molecule has 1 N–H and O–H groups in total. The fourth-order valence-corrected chi connectivity index (χ4v) is 5.04. The van der Waals surface area contributed by atoms with Gasteiger partial charge in [-0.1, -0.05) is 25.4 Å². The van der Waals surface area contributed by atoms with Gasteiger partial charge in [-0.05, 0) is 69.1 Å².